The van der Waals surface area contributed by atoms with Gasteiger partial charge in [0.2, 0.25) is 11.8 Å². The van der Waals surface area contributed by atoms with E-state index in [2.05, 4.69) is 21.0 Å². The topological polar surface area (TPSA) is 108 Å². The molecule has 0 bridgehead atoms. The molecule has 150 valence electrons. The number of nitrogens with one attached hydrogen (secondary N) is 3. The number of carbonyl (C=O) groups excluding carboxylic acids is 3. The molecule has 3 aliphatic rings. The molecule has 1 aromatic heterocycles. The van der Waals surface area contributed by atoms with Crippen molar-refractivity contribution in [3.8, 4) is 0 Å². The number of imide groups is 1. The molecule has 1 aromatic carbocycles. The Hall–Kier alpha value is -3.20. The molecule has 3 amide bonds. The maximum absolute atomic E-state index is 12.8. The van der Waals surface area contributed by atoms with Crippen LogP contribution in [0.4, 0.5) is 5.82 Å². The number of rotatable bonds is 4. The molecule has 0 radical (unpaired) electrons. The van der Waals surface area contributed by atoms with Gasteiger partial charge >= 0.3 is 0 Å². The Labute approximate surface area is 167 Å². The highest BCUT2D eigenvalue weighted by Crippen LogP contribution is 2.28. The third-order valence-corrected chi connectivity index (χ3v) is 5.73. The lowest BCUT2D eigenvalue weighted by Gasteiger charge is -2.29. The van der Waals surface area contributed by atoms with E-state index in [1.165, 1.54) is 0 Å². The molecule has 3 N–H and O–H groups in total. The Morgan fingerprint density at radius 3 is 2.93 bits per heavy atom. The molecule has 29 heavy (non-hydrogen) atoms. The summed E-state index contributed by atoms with van der Waals surface area (Å²) in [6, 6.07) is 7.22. The van der Waals surface area contributed by atoms with E-state index in [4.69, 9.17) is 0 Å². The average molecular weight is 394 g/mol. The fraction of sp³-hybridized carbons (Fsp3) is 0.400. The van der Waals surface area contributed by atoms with E-state index >= 15 is 0 Å². The summed E-state index contributed by atoms with van der Waals surface area (Å²) in [4.78, 5) is 37.9. The van der Waals surface area contributed by atoms with Crippen LogP contribution in [0.1, 0.15) is 40.0 Å². The fourth-order valence-corrected chi connectivity index (χ4v) is 4.21. The molecule has 1 unspecified atom stereocenters. The van der Waals surface area contributed by atoms with Gasteiger partial charge in [0.05, 0.1) is 12.2 Å². The van der Waals surface area contributed by atoms with Gasteiger partial charge in [0.15, 0.2) is 0 Å². The molecule has 0 aliphatic carbocycles. The van der Waals surface area contributed by atoms with Crippen molar-refractivity contribution in [1.82, 2.24) is 25.3 Å². The maximum Gasteiger partial charge on any atom is 0.255 e. The molecular weight excluding hydrogens is 372 g/mol. The number of benzene rings is 1. The van der Waals surface area contributed by atoms with Gasteiger partial charge in [-0.1, -0.05) is 12.1 Å². The van der Waals surface area contributed by atoms with Crippen molar-refractivity contribution in [3.63, 3.8) is 0 Å². The fourth-order valence-electron chi connectivity index (χ4n) is 4.21. The summed E-state index contributed by atoms with van der Waals surface area (Å²) in [5.74, 6) is 0.0248. The molecule has 1 saturated heterocycles. The van der Waals surface area contributed by atoms with Gasteiger partial charge < -0.3 is 15.5 Å². The number of hydrogen-bond donors (Lipinski definition) is 3. The van der Waals surface area contributed by atoms with Crippen LogP contribution in [0.3, 0.4) is 0 Å². The van der Waals surface area contributed by atoms with Gasteiger partial charge in [0, 0.05) is 44.2 Å². The van der Waals surface area contributed by atoms with E-state index < -0.39 is 6.04 Å². The molecular formula is C20H22N6O3. The van der Waals surface area contributed by atoms with Crippen LogP contribution in [-0.4, -0.2) is 45.0 Å². The van der Waals surface area contributed by atoms with Crippen molar-refractivity contribution >= 4 is 23.5 Å². The van der Waals surface area contributed by atoms with Crippen LogP contribution in [0.15, 0.2) is 24.3 Å². The predicted octanol–water partition coefficient (Wildman–Crippen LogP) is 0.359. The van der Waals surface area contributed by atoms with E-state index in [1.807, 2.05) is 28.9 Å². The molecule has 5 rings (SSSR count). The van der Waals surface area contributed by atoms with Gasteiger partial charge in [-0.3, -0.25) is 24.4 Å². The maximum atomic E-state index is 12.8. The Kier molecular flexibility index (Phi) is 4.31. The van der Waals surface area contributed by atoms with Crippen molar-refractivity contribution in [2.45, 2.75) is 45.1 Å². The Balaban J connectivity index is 1.28. The largest absolute Gasteiger partial charge is 0.365 e. The van der Waals surface area contributed by atoms with Crippen LogP contribution >= 0.6 is 0 Å². The van der Waals surface area contributed by atoms with E-state index in [0.717, 1.165) is 42.3 Å². The SMILES string of the molecule is O=C1CCC(N2Cc3cc(CNc4cc5n(n4)CCNC5)ccc3C2=O)C(=O)N1. The number of nitrogens with zero attached hydrogens (tertiary/aromatic N) is 3. The van der Waals surface area contributed by atoms with Crippen molar-refractivity contribution in [1.29, 1.82) is 0 Å². The van der Waals surface area contributed by atoms with E-state index in [-0.39, 0.29) is 24.1 Å². The second kappa shape index (κ2) is 7.00. The van der Waals surface area contributed by atoms with Crippen molar-refractivity contribution in [2.75, 3.05) is 11.9 Å². The van der Waals surface area contributed by atoms with Crippen LogP contribution in [-0.2, 0) is 35.8 Å². The third kappa shape index (κ3) is 3.27. The highest BCUT2D eigenvalue weighted by molar-refractivity contribution is 6.05. The van der Waals surface area contributed by atoms with E-state index in [1.54, 1.807) is 4.90 Å². The lowest BCUT2D eigenvalue weighted by molar-refractivity contribution is -0.136. The molecule has 9 heteroatoms. The lowest BCUT2D eigenvalue weighted by Crippen LogP contribution is -2.52. The summed E-state index contributed by atoms with van der Waals surface area (Å²) >= 11 is 0. The zero-order chi connectivity index (χ0) is 20.0. The van der Waals surface area contributed by atoms with Crippen molar-refractivity contribution in [2.24, 2.45) is 0 Å². The van der Waals surface area contributed by atoms with Crippen LogP contribution in [0, 0.1) is 0 Å². The first-order valence-electron chi connectivity index (χ1n) is 9.86. The molecule has 1 fully saturated rings. The van der Waals surface area contributed by atoms with Crippen LogP contribution in [0.25, 0.3) is 0 Å². The molecule has 4 heterocycles. The second-order valence-corrected chi connectivity index (χ2v) is 7.67. The minimum Gasteiger partial charge on any atom is -0.365 e. The summed E-state index contributed by atoms with van der Waals surface area (Å²) in [6.45, 7) is 3.61. The number of carbonyl (C=O) groups is 3. The minimum atomic E-state index is -0.584. The Morgan fingerprint density at radius 2 is 2.10 bits per heavy atom. The smallest absolute Gasteiger partial charge is 0.255 e. The highest BCUT2D eigenvalue weighted by Gasteiger charge is 2.39. The number of amides is 3. The number of aromatic nitrogens is 2. The zero-order valence-electron chi connectivity index (χ0n) is 15.9. The first-order chi connectivity index (χ1) is 14.1. The molecule has 3 aliphatic heterocycles. The monoisotopic (exact) mass is 394 g/mol. The van der Waals surface area contributed by atoms with Crippen molar-refractivity contribution in [3.05, 3.63) is 46.6 Å². The lowest BCUT2D eigenvalue weighted by atomic mass is 10.0. The first-order valence-corrected chi connectivity index (χ1v) is 9.86. The number of hydrogen-bond acceptors (Lipinski definition) is 6. The average Bonchev–Trinajstić information content (AvgIpc) is 3.27. The van der Waals surface area contributed by atoms with Gasteiger partial charge in [-0.2, -0.15) is 5.10 Å². The first kappa shape index (κ1) is 17.9. The summed E-state index contributed by atoms with van der Waals surface area (Å²) in [5.41, 5.74) is 3.75. The minimum absolute atomic E-state index is 0.150. The molecule has 2 aromatic rings. The van der Waals surface area contributed by atoms with Crippen LogP contribution in [0.2, 0.25) is 0 Å². The Morgan fingerprint density at radius 1 is 1.21 bits per heavy atom. The standard InChI is InChI=1S/C20H22N6O3/c27-18-4-3-16(19(28)23-18)25-11-13-7-12(1-2-15(13)20(25)29)9-22-17-8-14-10-21-5-6-26(14)24-17/h1-2,7-8,16,21H,3-6,9-11H2,(H,22,24)(H,23,27,28). The van der Waals surface area contributed by atoms with Gasteiger partial charge in [-0.15, -0.1) is 0 Å². The summed E-state index contributed by atoms with van der Waals surface area (Å²) in [7, 11) is 0. The number of anilines is 1. The van der Waals surface area contributed by atoms with Crippen LogP contribution < -0.4 is 16.0 Å². The molecule has 1 atom stereocenters. The summed E-state index contributed by atoms with van der Waals surface area (Å²) in [5, 5.41) is 13.6. The molecule has 0 saturated carbocycles. The van der Waals surface area contributed by atoms with Gasteiger partial charge in [-0.25, -0.2) is 0 Å². The second-order valence-electron chi connectivity index (χ2n) is 7.67. The quantitative estimate of drug-likeness (QED) is 0.646. The summed E-state index contributed by atoms with van der Waals surface area (Å²) < 4.78 is 2.01. The zero-order valence-corrected chi connectivity index (χ0v) is 15.9. The predicted molar refractivity (Wildman–Crippen MR) is 104 cm³/mol. The summed E-state index contributed by atoms with van der Waals surface area (Å²) in [6.07, 6.45) is 0.633. The van der Waals surface area contributed by atoms with Gasteiger partial charge in [0.1, 0.15) is 11.9 Å². The Bertz CT molecular complexity index is 990. The van der Waals surface area contributed by atoms with E-state index in [0.29, 0.717) is 25.1 Å². The molecule has 0 spiro atoms. The van der Waals surface area contributed by atoms with Gasteiger partial charge in [0.25, 0.3) is 5.91 Å². The highest BCUT2D eigenvalue weighted by atomic mass is 16.2. The third-order valence-electron chi connectivity index (χ3n) is 5.73. The normalized spacial score (nSPS) is 21.0. The van der Waals surface area contributed by atoms with E-state index in [9.17, 15) is 14.4 Å². The molecule has 9 nitrogen and oxygen atoms in total. The van der Waals surface area contributed by atoms with Crippen molar-refractivity contribution < 1.29 is 14.4 Å². The van der Waals surface area contributed by atoms with Gasteiger partial charge in [-0.05, 0) is 23.6 Å². The number of fused-ring (bicyclic) bond motifs is 2. The number of piperidine rings is 1. The van der Waals surface area contributed by atoms with Crippen LogP contribution in [0.5, 0.6) is 0 Å².